The van der Waals surface area contributed by atoms with Crippen molar-refractivity contribution in [3.8, 4) is 33.8 Å². The topological polar surface area (TPSA) is 112 Å². The van der Waals surface area contributed by atoms with Crippen LogP contribution in [0.4, 0.5) is 0 Å². The number of tetrazole rings is 1. The summed E-state index contributed by atoms with van der Waals surface area (Å²) in [7, 11) is 0. The number of imidazole rings is 1. The van der Waals surface area contributed by atoms with Crippen LogP contribution in [0.25, 0.3) is 44.9 Å². The summed E-state index contributed by atoms with van der Waals surface area (Å²) < 4.78 is 3.06. The van der Waals surface area contributed by atoms with Crippen molar-refractivity contribution in [2.24, 2.45) is 0 Å². The van der Waals surface area contributed by atoms with Crippen LogP contribution >= 0.6 is 0 Å². The van der Waals surface area contributed by atoms with Crippen LogP contribution in [-0.2, 0) is 13.0 Å². The number of hydrogen-bond acceptors (Lipinski definition) is 6. The van der Waals surface area contributed by atoms with Crippen LogP contribution in [-0.4, -0.2) is 35.2 Å². The molecule has 0 spiro atoms. The summed E-state index contributed by atoms with van der Waals surface area (Å²) >= 11 is 0. The zero-order chi connectivity index (χ0) is 26.1. The molecule has 0 unspecified atom stereocenters. The van der Waals surface area contributed by atoms with Gasteiger partial charge in [-0.3, -0.25) is 0 Å². The van der Waals surface area contributed by atoms with Gasteiger partial charge in [0.15, 0.2) is 17.7 Å². The number of nitrogens with one attached hydrogen (secondary N) is 1. The zero-order valence-corrected chi connectivity index (χ0v) is 21.2. The number of aromatic amines is 1. The lowest BCUT2D eigenvalue weighted by atomic mass is 9.98. The highest BCUT2D eigenvalue weighted by Crippen LogP contribution is 2.30. The highest BCUT2D eigenvalue weighted by molar-refractivity contribution is 5.81. The Morgan fingerprint density at radius 3 is 2.45 bits per heavy atom. The number of benzene rings is 2. The van der Waals surface area contributed by atoms with Crippen LogP contribution in [0.1, 0.15) is 30.4 Å². The van der Waals surface area contributed by atoms with E-state index >= 15 is 0 Å². The number of nitrogens with zero attached hydrogens (tertiary/aromatic N) is 7. The lowest BCUT2D eigenvalue weighted by molar-refractivity contribution is -0.593. The summed E-state index contributed by atoms with van der Waals surface area (Å²) in [6.45, 7) is 4.74. The van der Waals surface area contributed by atoms with Gasteiger partial charge >= 0.3 is 0 Å². The fourth-order valence-electron chi connectivity index (χ4n) is 4.85. The van der Waals surface area contributed by atoms with Crippen molar-refractivity contribution in [3.63, 3.8) is 0 Å². The highest BCUT2D eigenvalue weighted by atomic mass is 16.5. The molecule has 0 radical (unpaired) electrons. The molecule has 6 rings (SSSR count). The van der Waals surface area contributed by atoms with Gasteiger partial charge in [0.1, 0.15) is 11.3 Å². The Morgan fingerprint density at radius 1 is 0.921 bits per heavy atom. The second-order valence-corrected chi connectivity index (χ2v) is 9.23. The number of H-pyrrole nitrogens is 1. The lowest BCUT2D eigenvalue weighted by Crippen LogP contribution is -2.28. The average Bonchev–Trinajstić information content (AvgIpc) is 3.58. The third kappa shape index (κ3) is 4.28. The first-order chi connectivity index (χ1) is 18.6. The summed E-state index contributed by atoms with van der Waals surface area (Å²) in [4.78, 5) is 9.85. The van der Waals surface area contributed by atoms with Gasteiger partial charge in [-0.2, -0.15) is 4.73 Å². The van der Waals surface area contributed by atoms with Crippen molar-refractivity contribution in [3.05, 3.63) is 101 Å². The van der Waals surface area contributed by atoms with Crippen molar-refractivity contribution in [1.29, 1.82) is 0 Å². The maximum atomic E-state index is 12.4. The zero-order valence-electron chi connectivity index (χ0n) is 21.2. The minimum absolute atomic E-state index is 0.572. The van der Waals surface area contributed by atoms with E-state index in [9.17, 15) is 5.21 Å². The van der Waals surface area contributed by atoms with Crippen LogP contribution in [0.3, 0.4) is 0 Å². The quantitative estimate of drug-likeness (QED) is 0.246. The van der Waals surface area contributed by atoms with E-state index in [4.69, 9.17) is 9.97 Å². The fourth-order valence-corrected chi connectivity index (χ4v) is 4.85. The van der Waals surface area contributed by atoms with E-state index in [1.54, 1.807) is 6.07 Å². The molecule has 0 amide bonds. The van der Waals surface area contributed by atoms with Crippen LogP contribution in [0.5, 0.6) is 0 Å². The summed E-state index contributed by atoms with van der Waals surface area (Å²) in [6.07, 6.45) is 3.32. The van der Waals surface area contributed by atoms with Gasteiger partial charge in [-0.15, -0.1) is 5.10 Å². The van der Waals surface area contributed by atoms with E-state index in [0.29, 0.717) is 18.1 Å². The predicted molar refractivity (Wildman–Crippen MR) is 145 cm³/mol. The molecule has 0 atom stereocenters. The number of hydrogen-bond donors (Lipinski definition) is 1. The largest absolute Gasteiger partial charge is 0.618 e. The molecule has 38 heavy (non-hydrogen) atoms. The summed E-state index contributed by atoms with van der Waals surface area (Å²) in [6, 6.07) is 24.0. The highest BCUT2D eigenvalue weighted by Gasteiger charge is 2.18. The van der Waals surface area contributed by atoms with Crippen LogP contribution < -0.4 is 4.73 Å². The Hall–Kier alpha value is -4.92. The van der Waals surface area contributed by atoms with E-state index in [1.807, 2.05) is 43.3 Å². The molecule has 2 aromatic carbocycles. The molecule has 0 bridgehead atoms. The van der Waals surface area contributed by atoms with E-state index in [0.717, 1.165) is 68.1 Å². The second kappa shape index (κ2) is 9.85. The van der Waals surface area contributed by atoms with Gasteiger partial charge in [0.05, 0.1) is 17.8 Å². The predicted octanol–water partition coefficient (Wildman–Crippen LogP) is 4.89. The molecule has 0 saturated carbocycles. The Balaban J connectivity index is 1.36. The third-order valence-corrected chi connectivity index (χ3v) is 6.70. The Morgan fingerprint density at radius 2 is 1.71 bits per heavy atom. The Labute approximate surface area is 219 Å². The van der Waals surface area contributed by atoms with Gasteiger partial charge in [0.2, 0.25) is 5.69 Å². The first-order valence-corrected chi connectivity index (χ1v) is 12.6. The van der Waals surface area contributed by atoms with Gasteiger partial charge in [0.25, 0.3) is 0 Å². The normalized spacial score (nSPS) is 11.3. The van der Waals surface area contributed by atoms with Crippen LogP contribution in [0.2, 0.25) is 0 Å². The standard InChI is InChI=1S/C29H26N8O/c1-3-8-27-31-25-17-24(26-11-6-7-16-37(26)38)19(2)30-29(25)36(27)18-20-12-14-21(15-13-20)22-9-4-5-10-23(22)28-32-34-35-33-28/h4-7,9-17H,3,8,18H2,1-2H3,(H,32,33,34,35). The molecule has 0 saturated heterocycles. The molecule has 9 nitrogen and oxygen atoms in total. The molecule has 0 aliphatic carbocycles. The SMILES string of the molecule is CCCc1nc2cc(-c3cccc[n+]3[O-])c(C)nc2n1Cc1ccc(-c2ccccc2-c2nnn[nH]2)cc1. The monoisotopic (exact) mass is 502 g/mol. The summed E-state index contributed by atoms with van der Waals surface area (Å²) in [5.41, 5.74) is 8.02. The molecular weight excluding hydrogens is 476 g/mol. The van der Waals surface area contributed by atoms with E-state index in [-0.39, 0.29) is 0 Å². The van der Waals surface area contributed by atoms with E-state index < -0.39 is 0 Å². The van der Waals surface area contributed by atoms with Gasteiger partial charge in [-0.1, -0.05) is 55.5 Å². The smallest absolute Gasteiger partial charge is 0.225 e. The van der Waals surface area contributed by atoms with Crippen LogP contribution in [0, 0.1) is 12.1 Å². The average molecular weight is 503 g/mol. The number of aryl methyl sites for hydroxylation is 2. The fraction of sp³-hybridized carbons (Fsp3) is 0.172. The van der Waals surface area contributed by atoms with Crippen molar-refractivity contribution in [1.82, 2.24) is 35.2 Å². The van der Waals surface area contributed by atoms with Gasteiger partial charge in [-0.25, -0.2) is 15.1 Å². The molecule has 6 aromatic rings. The minimum atomic E-state index is 0.572. The minimum Gasteiger partial charge on any atom is -0.618 e. The first kappa shape index (κ1) is 23.5. The lowest BCUT2D eigenvalue weighted by Gasteiger charge is -2.11. The molecule has 1 N–H and O–H groups in total. The molecule has 9 heteroatoms. The van der Waals surface area contributed by atoms with E-state index in [1.165, 1.54) is 6.20 Å². The molecule has 0 fully saturated rings. The van der Waals surface area contributed by atoms with Gasteiger partial charge in [-0.05, 0) is 52.6 Å². The molecule has 0 aliphatic rings. The van der Waals surface area contributed by atoms with Crippen molar-refractivity contribution in [2.45, 2.75) is 33.2 Å². The maximum absolute atomic E-state index is 12.4. The number of pyridine rings is 2. The van der Waals surface area contributed by atoms with E-state index in [2.05, 4.69) is 62.4 Å². The molecule has 4 aromatic heterocycles. The first-order valence-electron chi connectivity index (χ1n) is 12.6. The van der Waals surface area contributed by atoms with Gasteiger partial charge in [0, 0.05) is 24.1 Å². The van der Waals surface area contributed by atoms with Crippen molar-refractivity contribution >= 4 is 11.2 Å². The molecular formula is C29H26N8O. The summed E-state index contributed by atoms with van der Waals surface area (Å²) in [5, 5.41) is 26.8. The number of aromatic nitrogens is 8. The van der Waals surface area contributed by atoms with Crippen molar-refractivity contribution in [2.75, 3.05) is 0 Å². The molecule has 0 aliphatic heterocycles. The van der Waals surface area contributed by atoms with Crippen LogP contribution in [0.15, 0.2) is 79.0 Å². The third-order valence-electron chi connectivity index (χ3n) is 6.70. The summed E-state index contributed by atoms with van der Waals surface area (Å²) in [5.74, 6) is 1.62. The number of fused-ring (bicyclic) bond motifs is 1. The Kier molecular flexibility index (Phi) is 6.09. The molecule has 4 heterocycles. The maximum Gasteiger partial charge on any atom is 0.225 e. The Bertz CT molecular complexity index is 1720. The number of rotatable bonds is 7. The molecule has 188 valence electrons. The van der Waals surface area contributed by atoms with Crippen molar-refractivity contribution < 1.29 is 4.73 Å². The second-order valence-electron chi connectivity index (χ2n) is 9.23. The van der Waals surface area contributed by atoms with Gasteiger partial charge < -0.3 is 9.77 Å².